The molecule has 4 nitrogen and oxygen atoms in total. The quantitative estimate of drug-likeness (QED) is 0.128. The summed E-state index contributed by atoms with van der Waals surface area (Å²) in [5.41, 5.74) is 8.86. The molecule has 1 aliphatic heterocycles. The van der Waals surface area contributed by atoms with E-state index in [4.69, 9.17) is 24.1 Å². The van der Waals surface area contributed by atoms with Crippen molar-refractivity contribution in [1.82, 2.24) is 4.98 Å². The standard InChI is InChI=1S/C29H36N3O.C7H6.2ClH.Ru/c1-21(2)25-18-23(5)19-26(22(3)4)29(25)32-16-15-31(20-32)27-11-6-7-12-28(27)33-17-13-24-10-8-9-14-30-24;1-7-5-3-2-4-6-7;;;/h6-12,14,18-22H,13,15-17H2,1-5H3;1-6H;2*1H;/q-1;;;;+2/p-2. The minimum absolute atomic E-state index is 0.474. The molecule has 0 unspecified atom stereocenters. The normalized spacial score (nSPS) is 13.2. The fourth-order valence-corrected chi connectivity index (χ4v) is 6.96. The van der Waals surface area contributed by atoms with Crippen molar-refractivity contribution in [1.29, 1.82) is 0 Å². The van der Waals surface area contributed by atoms with Gasteiger partial charge in [-0.3, -0.25) is 4.98 Å². The van der Waals surface area contributed by atoms with Gasteiger partial charge >= 0.3 is 73.4 Å². The zero-order valence-corrected chi connectivity index (χ0v) is 28.9. The van der Waals surface area contributed by atoms with Gasteiger partial charge in [-0.1, -0.05) is 63.6 Å². The molecule has 0 amide bonds. The van der Waals surface area contributed by atoms with Crippen LogP contribution in [0.1, 0.15) is 67.5 Å². The number of nitrogens with zero attached hydrogens (tertiary/aromatic N) is 3. The van der Waals surface area contributed by atoms with Crippen LogP contribution in [0.25, 0.3) is 0 Å². The van der Waals surface area contributed by atoms with Crippen LogP contribution < -0.4 is 14.5 Å². The molecule has 2 heterocycles. The van der Waals surface area contributed by atoms with Gasteiger partial charge in [-0.15, -0.1) is 0 Å². The number of hydrogen-bond acceptors (Lipinski definition) is 4. The molecule has 0 atom stereocenters. The second-order valence-corrected chi connectivity index (χ2v) is 16.9. The Bertz CT molecular complexity index is 1450. The molecule has 7 heteroatoms. The van der Waals surface area contributed by atoms with E-state index in [2.05, 4.69) is 86.4 Å². The molecule has 3 aromatic carbocycles. The third-order valence-corrected chi connectivity index (χ3v) is 9.09. The van der Waals surface area contributed by atoms with Crippen LogP contribution in [-0.4, -0.2) is 29.3 Å². The van der Waals surface area contributed by atoms with Gasteiger partial charge in [0, 0.05) is 37.1 Å². The molecule has 5 rings (SSSR count). The maximum atomic E-state index is 6.21. The molecule has 0 aliphatic carbocycles. The van der Waals surface area contributed by atoms with E-state index in [0.29, 0.717) is 18.4 Å². The summed E-state index contributed by atoms with van der Waals surface area (Å²) in [6, 6.07) is 29.0. The second kappa shape index (κ2) is 16.4. The topological polar surface area (TPSA) is 28.6 Å². The predicted octanol–water partition coefficient (Wildman–Crippen LogP) is 9.47. The Morgan fingerprint density at radius 1 is 0.860 bits per heavy atom. The van der Waals surface area contributed by atoms with Crippen molar-refractivity contribution < 1.29 is 18.3 Å². The fourth-order valence-electron chi connectivity index (χ4n) is 5.14. The number of aryl methyl sites for hydroxylation is 1. The monoisotopic (exact) mass is 704 g/mol. The van der Waals surface area contributed by atoms with Gasteiger partial charge < -0.3 is 14.5 Å². The van der Waals surface area contributed by atoms with Crippen molar-refractivity contribution in [2.24, 2.45) is 0 Å². The first-order valence-corrected chi connectivity index (χ1v) is 20.2. The molecule has 0 saturated carbocycles. The summed E-state index contributed by atoms with van der Waals surface area (Å²) in [5, 5.41) is 0. The van der Waals surface area contributed by atoms with Gasteiger partial charge in [0.25, 0.3) is 0 Å². The molecular weight excluding hydrogens is 662 g/mol. The number of rotatable bonds is 9. The third kappa shape index (κ3) is 9.63. The van der Waals surface area contributed by atoms with Crippen molar-refractivity contribution >= 4 is 35.4 Å². The fraction of sp³-hybridized carbons (Fsp3) is 0.306. The van der Waals surface area contributed by atoms with Crippen LogP contribution in [0.4, 0.5) is 11.4 Å². The summed E-state index contributed by atoms with van der Waals surface area (Å²) in [4.78, 5) is 9.16. The van der Waals surface area contributed by atoms with E-state index < -0.39 is 13.5 Å². The Hall–Kier alpha value is -2.72. The average Bonchev–Trinajstić information content (AvgIpc) is 3.48. The van der Waals surface area contributed by atoms with Gasteiger partial charge in [0.15, 0.2) is 0 Å². The molecular formula is C36H42Cl2N3ORu-. The molecule has 4 aromatic rings. The zero-order chi connectivity index (χ0) is 30.8. The summed E-state index contributed by atoms with van der Waals surface area (Å²) in [5.74, 6) is 1.87. The third-order valence-electron chi connectivity index (χ3n) is 7.22. The summed E-state index contributed by atoms with van der Waals surface area (Å²) in [6.07, 6.45) is 2.63. The van der Waals surface area contributed by atoms with E-state index in [1.165, 1.54) is 22.4 Å². The van der Waals surface area contributed by atoms with Gasteiger partial charge in [-0.25, -0.2) is 0 Å². The van der Waals surface area contributed by atoms with Gasteiger partial charge in [0.2, 0.25) is 0 Å². The molecule has 1 aliphatic rings. The predicted molar refractivity (Wildman–Crippen MR) is 182 cm³/mol. The Labute approximate surface area is 271 Å². The van der Waals surface area contributed by atoms with Gasteiger partial charge in [-0.05, 0) is 54.2 Å². The molecule has 1 fully saturated rings. The number of hydrogen-bond donors (Lipinski definition) is 0. The van der Waals surface area contributed by atoms with Crippen LogP contribution in [0.5, 0.6) is 5.75 Å². The number of aromatic nitrogens is 1. The van der Waals surface area contributed by atoms with E-state index in [1.54, 1.807) is 0 Å². The molecule has 0 N–H and O–H groups in total. The van der Waals surface area contributed by atoms with Crippen LogP contribution >= 0.6 is 19.4 Å². The maximum absolute atomic E-state index is 6.21. The number of benzene rings is 3. The SMILES string of the molecule is Cc1cc(C(C)C)c(N2[CH-]N(c3ccccc3OCCc3ccccn3)CC2)c(C(C)C)c1.[Cl][Ru]([Cl])=[CH]c1ccccc1. The van der Waals surface area contributed by atoms with E-state index >= 15 is 0 Å². The van der Waals surface area contributed by atoms with E-state index in [1.807, 2.05) is 65.4 Å². The Morgan fingerprint density at radius 2 is 1.49 bits per heavy atom. The zero-order valence-electron chi connectivity index (χ0n) is 25.7. The second-order valence-electron chi connectivity index (χ2n) is 11.2. The van der Waals surface area contributed by atoms with Crippen molar-refractivity contribution in [2.45, 2.75) is 52.9 Å². The van der Waals surface area contributed by atoms with Crippen molar-refractivity contribution in [2.75, 3.05) is 29.5 Å². The Morgan fingerprint density at radius 3 is 2.12 bits per heavy atom. The summed E-state index contributed by atoms with van der Waals surface area (Å²) >= 11 is -1.61. The van der Waals surface area contributed by atoms with Crippen LogP contribution in [0, 0.1) is 13.6 Å². The van der Waals surface area contributed by atoms with Crippen molar-refractivity contribution in [3.05, 3.63) is 126 Å². The van der Waals surface area contributed by atoms with Crippen molar-refractivity contribution in [3.8, 4) is 5.75 Å². The minimum atomic E-state index is -1.61. The Kier molecular flexibility index (Phi) is 12.6. The van der Waals surface area contributed by atoms with E-state index in [-0.39, 0.29) is 0 Å². The summed E-state index contributed by atoms with van der Waals surface area (Å²) < 4.78 is 8.14. The number of anilines is 2. The molecule has 43 heavy (non-hydrogen) atoms. The van der Waals surface area contributed by atoms with E-state index in [0.717, 1.165) is 42.2 Å². The van der Waals surface area contributed by atoms with Crippen LogP contribution in [-0.2, 0) is 19.9 Å². The van der Waals surface area contributed by atoms with E-state index in [9.17, 15) is 0 Å². The molecule has 0 spiro atoms. The molecule has 0 bridgehead atoms. The number of pyridine rings is 1. The molecule has 1 saturated heterocycles. The summed E-state index contributed by atoms with van der Waals surface area (Å²) in [7, 11) is 11.3. The molecule has 0 radical (unpaired) electrons. The van der Waals surface area contributed by atoms with Crippen LogP contribution in [0.2, 0.25) is 0 Å². The average molecular weight is 705 g/mol. The van der Waals surface area contributed by atoms with Crippen LogP contribution in [0.3, 0.4) is 0 Å². The van der Waals surface area contributed by atoms with Crippen LogP contribution in [0.15, 0.2) is 91.1 Å². The number of ether oxygens (including phenoxy) is 1. The summed E-state index contributed by atoms with van der Waals surface area (Å²) in [6.45, 7) is 16.2. The molecule has 1 aromatic heterocycles. The van der Waals surface area contributed by atoms with Gasteiger partial charge in [0.1, 0.15) is 5.75 Å². The first-order valence-electron chi connectivity index (χ1n) is 14.8. The first kappa shape index (κ1) is 33.2. The van der Waals surface area contributed by atoms with Gasteiger partial charge in [0.05, 0.1) is 12.3 Å². The van der Waals surface area contributed by atoms with Crippen molar-refractivity contribution in [3.63, 3.8) is 0 Å². The number of halogens is 2. The van der Waals surface area contributed by atoms with Gasteiger partial charge in [-0.2, -0.15) is 6.67 Å². The first-order chi connectivity index (χ1) is 20.7. The Balaban J connectivity index is 0.000000359. The number of para-hydroxylation sites is 2. The molecule has 230 valence electrons.